The van der Waals surface area contributed by atoms with Crippen LogP contribution in [0.4, 0.5) is 5.69 Å². The van der Waals surface area contributed by atoms with Gasteiger partial charge in [0, 0.05) is 6.07 Å². The van der Waals surface area contributed by atoms with Crippen molar-refractivity contribution in [1.29, 1.82) is 5.26 Å². The van der Waals surface area contributed by atoms with Crippen LogP contribution in [0.15, 0.2) is 42.5 Å². The number of anilines is 1. The minimum Gasteiger partial charge on any atom is -0.497 e. The lowest BCUT2D eigenvalue weighted by molar-refractivity contribution is -0.119. The quantitative estimate of drug-likeness (QED) is 0.811. The van der Waals surface area contributed by atoms with Crippen LogP contribution < -0.4 is 14.8 Å². The molecule has 0 fully saturated rings. The lowest BCUT2D eigenvalue weighted by atomic mass is 10.1. The molecule has 0 aliphatic rings. The molecule has 0 aliphatic heterocycles. The van der Waals surface area contributed by atoms with E-state index in [4.69, 9.17) is 19.5 Å². The van der Waals surface area contributed by atoms with E-state index in [0.29, 0.717) is 22.7 Å². The van der Waals surface area contributed by atoms with Crippen molar-refractivity contribution >= 4 is 17.6 Å². The minimum atomic E-state index is -0.686. The second kappa shape index (κ2) is 8.36. The van der Waals surface area contributed by atoms with Crippen LogP contribution in [0.1, 0.15) is 15.9 Å². The standard InChI is InChI=1S/C18H16N2O5/c1-23-14-6-7-15(16(9-14)24-2)20-17(21)11-25-18(22)13-5-3-4-12(8-13)10-19/h3-9H,11H2,1-2H3,(H,20,21). The molecule has 0 atom stereocenters. The second-order valence-corrected chi connectivity index (χ2v) is 4.88. The fraction of sp³-hybridized carbons (Fsp3) is 0.167. The van der Waals surface area contributed by atoms with Gasteiger partial charge >= 0.3 is 5.97 Å². The fourth-order valence-electron chi connectivity index (χ4n) is 2.02. The summed E-state index contributed by atoms with van der Waals surface area (Å²) in [5.41, 5.74) is 0.964. The number of carbonyl (C=O) groups is 2. The zero-order valence-electron chi connectivity index (χ0n) is 13.7. The van der Waals surface area contributed by atoms with Crippen molar-refractivity contribution in [3.05, 3.63) is 53.6 Å². The normalized spacial score (nSPS) is 9.64. The topological polar surface area (TPSA) is 97.6 Å². The van der Waals surface area contributed by atoms with Crippen molar-refractivity contribution in [3.8, 4) is 17.6 Å². The summed E-state index contributed by atoms with van der Waals surface area (Å²) in [7, 11) is 2.99. The van der Waals surface area contributed by atoms with E-state index < -0.39 is 18.5 Å². The Hall–Kier alpha value is -3.53. The molecule has 0 aliphatic carbocycles. The van der Waals surface area contributed by atoms with E-state index in [-0.39, 0.29) is 5.56 Å². The summed E-state index contributed by atoms with van der Waals surface area (Å²) in [6, 6.07) is 12.9. The molecule has 0 spiro atoms. The Labute approximate surface area is 144 Å². The van der Waals surface area contributed by atoms with Crippen LogP contribution in [0.25, 0.3) is 0 Å². The van der Waals surface area contributed by atoms with Gasteiger partial charge in [0.1, 0.15) is 11.5 Å². The van der Waals surface area contributed by atoms with Gasteiger partial charge in [0.2, 0.25) is 0 Å². The van der Waals surface area contributed by atoms with E-state index >= 15 is 0 Å². The number of rotatable bonds is 6. The first kappa shape index (κ1) is 17.8. The summed E-state index contributed by atoms with van der Waals surface area (Å²) >= 11 is 0. The van der Waals surface area contributed by atoms with Crippen molar-refractivity contribution < 1.29 is 23.8 Å². The van der Waals surface area contributed by atoms with Crippen molar-refractivity contribution in [3.63, 3.8) is 0 Å². The van der Waals surface area contributed by atoms with Gasteiger partial charge in [-0.15, -0.1) is 0 Å². The summed E-state index contributed by atoms with van der Waals surface area (Å²) in [6.45, 7) is -0.467. The minimum absolute atomic E-state index is 0.203. The molecule has 0 unspecified atom stereocenters. The second-order valence-electron chi connectivity index (χ2n) is 4.88. The lowest BCUT2D eigenvalue weighted by Gasteiger charge is -2.11. The van der Waals surface area contributed by atoms with Gasteiger partial charge in [-0.25, -0.2) is 4.79 Å². The SMILES string of the molecule is COc1ccc(NC(=O)COC(=O)c2cccc(C#N)c2)c(OC)c1. The molecule has 2 aromatic rings. The Balaban J connectivity index is 1.96. The Morgan fingerprint density at radius 2 is 1.92 bits per heavy atom. The van der Waals surface area contributed by atoms with Gasteiger partial charge in [-0.1, -0.05) is 6.07 Å². The Bertz CT molecular complexity index is 826. The lowest BCUT2D eigenvalue weighted by Crippen LogP contribution is -2.21. The molecular weight excluding hydrogens is 324 g/mol. The molecule has 0 heterocycles. The molecule has 25 heavy (non-hydrogen) atoms. The third-order valence-corrected chi connectivity index (χ3v) is 3.24. The van der Waals surface area contributed by atoms with Gasteiger partial charge in [0.25, 0.3) is 5.91 Å². The van der Waals surface area contributed by atoms with Crippen molar-refractivity contribution in [2.75, 3.05) is 26.1 Å². The van der Waals surface area contributed by atoms with E-state index in [1.54, 1.807) is 30.3 Å². The number of nitrogens with one attached hydrogen (secondary N) is 1. The molecule has 0 radical (unpaired) electrons. The molecule has 128 valence electrons. The first-order valence-corrected chi connectivity index (χ1v) is 7.26. The number of amides is 1. The molecular formula is C18H16N2O5. The Morgan fingerprint density at radius 3 is 2.60 bits per heavy atom. The van der Waals surface area contributed by atoms with E-state index in [0.717, 1.165) is 0 Å². The first-order chi connectivity index (χ1) is 12.1. The van der Waals surface area contributed by atoms with Crippen molar-refractivity contribution in [2.24, 2.45) is 0 Å². The molecule has 2 aromatic carbocycles. The molecule has 0 saturated heterocycles. The molecule has 1 N–H and O–H groups in total. The average Bonchev–Trinajstić information content (AvgIpc) is 2.66. The van der Waals surface area contributed by atoms with Crippen LogP contribution >= 0.6 is 0 Å². The predicted molar refractivity (Wildman–Crippen MR) is 89.6 cm³/mol. The molecule has 7 nitrogen and oxygen atoms in total. The molecule has 2 rings (SSSR count). The highest BCUT2D eigenvalue weighted by Gasteiger charge is 2.13. The molecule has 0 saturated carbocycles. The zero-order chi connectivity index (χ0) is 18.2. The van der Waals surface area contributed by atoms with Gasteiger partial charge in [-0.05, 0) is 30.3 Å². The predicted octanol–water partition coefficient (Wildman–Crippen LogP) is 2.37. The number of benzene rings is 2. The maximum atomic E-state index is 12.0. The summed E-state index contributed by atoms with van der Waals surface area (Å²) in [6.07, 6.45) is 0. The van der Waals surface area contributed by atoms with Gasteiger partial charge in [-0.2, -0.15) is 5.26 Å². The summed E-state index contributed by atoms with van der Waals surface area (Å²) in [4.78, 5) is 23.9. The Kier molecular flexibility index (Phi) is 5.96. The Morgan fingerprint density at radius 1 is 1.12 bits per heavy atom. The number of esters is 1. The maximum Gasteiger partial charge on any atom is 0.338 e. The third-order valence-electron chi connectivity index (χ3n) is 3.24. The molecule has 0 aromatic heterocycles. The number of hydrogen-bond acceptors (Lipinski definition) is 6. The van der Waals surface area contributed by atoms with Crippen LogP contribution in [-0.2, 0) is 9.53 Å². The summed E-state index contributed by atoms with van der Waals surface area (Å²) < 4.78 is 15.2. The van der Waals surface area contributed by atoms with Crippen molar-refractivity contribution in [1.82, 2.24) is 0 Å². The fourth-order valence-corrected chi connectivity index (χ4v) is 2.02. The number of methoxy groups -OCH3 is 2. The smallest absolute Gasteiger partial charge is 0.338 e. The maximum absolute atomic E-state index is 12.0. The van der Waals surface area contributed by atoms with Crippen LogP contribution in [-0.4, -0.2) is 32.7 Å². The number of ether oxygens (including phenoxy) is 3. The summed E-state index contributed by atoms with van der Waals surface area (Å²) in [5.74, 6) is -0.207. The van der Waals surface area contributed by atoms with E-state index in [9.17, 15) is 9.59 Å². The van der Waals surface area contributed by atoms with E-state index in [1.165, 1.54) is 26.4 Å². The molecule has 0 bridgehead atoms. The van der Waals surface area contributed by atoms with Crippen LogP contribution in [0.2, 0.25) is 0 Å². The highest BCUT2D eigenvalue weighted by Crippen LogP contribution is 2.28. The highest BCUT2D eigenvalue weighted by atomic mass is 16.5. The molecule has 7 heteroatoms. The van der Waals surface area contributed by atoms with E-state index in [2.05, 4.69) is 5.32 Å². The number of nitrogens with zero attached hydrogens (tertiary/aromatic N) is 1. The molecule has 1 amide bonds. The van der Waals surface area contributed by atoms with Gasteiger partial charge in [0.15, 0.2) is 6.61 Å². The highest BCUT2D eigenvalue weighted by molar-refractivity contribution is 5.96. The largest absolute Gasteiger partial charge is 0.497 e. The summed E-state index contributed by atoms with van der Waals surface area (Å²) in [5, 5.41) is 11.4. The number of nitriles is 1. The first-order valence-electron chi connectivity index (χ1n) is 7.26. The monoisotopic (exact) mass is 340 g/mol. The van der Waals surface area contributed by atoms with Crippen LogP contribution in [0.3, 0.4) is 0 Å². The van der Waals surface area contributed by atoms with Crippen molar-refractivity contribution in [2.45, 2.75) is 0 Å². The number of carbonyl (C=O) groups excluding carboxylic acids is 2. The van der Waals surface area contributed by atoms with Gasteiger partial charge < -0.3 is 19.5 Å². The van der Waals surface area contributed by atoms with Gasteiger partial charge in [0.05, 0.1) is 37.1 Å². The number of hydrogen-bond donors (Lipinski definition) is 1. The van der Waals surface area contributed by atoms with Gasteiger partial charge in [-0.3, -0.25) is 4.79 Å². The average molecular weight is 340 g/mol. The van der Waals surface area contributed by atoms with Crippen LogP contribution in [0, 0.1) is 11.3 Å². The van der Waals surface area contributed by atoms with E-state index in [1.807, 2.05) is 6.07 Å². The van der Waals surface area contributed by atoms with Crippen LogP contribution in [0.5, 0.6) is 11.5 Å². The zero-order valence-corrected chi connectivity index (χ0v) is 13.7. The third kappa shape index (κ3) is 4.72.